The quantitative estimate of drug-likeness (QED) is 0.907. The fourth-order valence-corrected chi connectivity index (χ4v) is 3.26. The molecular weight excluding hydrogens is 272 g/mol. The molecule has 0 bridgehead atoms. The molecule has 20 heavy (non-hydrogen) atoms. The van der Waals surface area contributed by atoms with Crippen molar-refractivity contribution in [1.82, 2.24) is 0 Å². The average Bonchev–Trinajstić information content (AvgIpc) is 2.75. The van der Waals surface area contributed by atoms with Crippen LogP contribution >= 0.6 is 11.3 Å². The lowest BCUT2D eigenvalue weighted by Crippen LogP contribution is -2.17. The number of nitrogens with one attached hydrogen (secondary N) is 1. The van der Waals surface area contributed by atoms with E-state index in [1.807, 2.05) is 19.9 Å². The molecule has 0 aliphatic heterocycles. The van der Waals surface area contributed by atoms with Crippen molar-refractivity contribution in [3.8, 4) is 0 Å². The van der Waals surface area contributed by atoms with Gasteiger partial charge in [0, 0.05) is 10.4 Å². The molecule has 1 aromatic carbocycles. The number of carbonyl (C=O) groups excluding carboxylic acids is 2. The van der Waals surface area contributed by atoms with Crippen LogP contribution in [0.2, 0.25) is 0 Å². The number of carbonyl (C=O) groups is 2. The number of nitrogens with two attached hydrogens (primary N) is 1. The first-order valence-corrected chi connectivity index (χ1v) is 7.14. The normalized spacial score (nSPS) is 10.3. The van der Waals surface area contributed by atoms with E-state index in [-0.39, 0.29) is 5.91 Å². The molecule has 2 amide bonds. The number of hydrogen-bond acceptors (Lipinski definition) is 3. The van der Waals surface area contributed by atoms with Gasteiger partial charge in [0.25, 0.3) is 11.8 Å². The van der Waals surface area contributed by atoms with Crippen LogP contribution in [0.25, 0.3) is 0 Å². The number of hydrogen-bond donors (Lipinski definition) is 2. The summed E-state index contributed by atoms with van der Waals surface area (Å²) in [6, 6.07) is 8.87. The van der Waals surface area contributed by atoms with E-state index in [0.717, 1.165) is 10.4 Å². The highest BCUT2D eigenvalue weighted by molar-refractivity contribution is 7.16. The molecule has 1 heterocycles. The SMILES string of the molecule is CCc1c(C)sc(NC(=O)c2ccccc2)c1C(N)=O. The lowest BCUT2D eigenvalue weighted by molar-refractivity contribution is 0.100. The lowest BCUT2D eigenvalue weighted by Gasteiger charge is -2.05. The summed E-state index contributed by atoms with van der Waals surface area (Å²) in [6.07, 6.45) is 0.710. The molecule has 0 saturated carbocycles. The van der Waals surface area contributed by atoms with E-state index in [1.165, 1.54) is 11.3 Å². The second-order valence-corrected chi connectivity index (χ2v) is 5.60. The minimum atomic E-state index is -0.505. The van der Waals surface area contributed by atoms with Crippen LogP contribution in [0.1, 0.15) is 38.1 Å². The van der Waals surface area contributed by atoms with E-state index in [1.54, 1.807) is 24.3 Å². The van der Waals surface area contributed by atoms with E-state index in [0.29, 0.717) is 22.5 Å². The van der Waals surface area contributed by atoms with Crippen molar-refractivity contribution in [3.05, 3.63) is 51.9 Å². The topological polar surface area (TPSA) is 72.2 Å². The van der Waals surface area contributed by atoms with Gasteiger partial charge in [0.15, 0.2) is 0 Å². The Morgan fingerprint density at radius 1 is 1.25 bits per heavy atom. The van der Waals surface area contributed by atoms with E-state index < -0.39 is 5.91 Å². The maximum absolute atomic E-state index is 12.1. The molecule has 0 spiro atoms. The maximum atomic E-state index is 12.1. The summed E-state index contributed by atoms with van der Waals surface area (Å²) in [7, 11) is 0. The molecule has 5 heteroatoms. The van der Waals surface area contributed by atoms with Crippen LogP contribution < -0.4 is 11.1 Å². The highest BCUT2D eigenvalue weighted by Gasteiger charge is 2.20. The minimum Gasteiger partial charge on any atom is -0.365 e. The van der Waals surface area contributed by atoms with Gasteiger partial charge in [-0.15, -0.1) is 11.3 Å². The Labute approximate surface area is 121 Å². The smallest absolute Gasteiger partial charge is 0.256 e. The van der Waals surface area contributed by atoms with Crippen LogP contribution in [0, 0.1) is 6.92 Å². The first-order chi connectivity index (χ1) is 9.54. The third kappa shape index (κ3) is 2.72. The molecule has 3 N–H and O–H groups in total. The molecule has 0 aliphatic rings. The van der Waals surface area contributed by atoms with Gasteiger partial charge in [0.05, 0.1) is 5.56 Å². The summed E-state index contributed by atoms with van der Waals surface area (Å²) in [5, 5.41) is 3.31. The van der Waals surface area contributed by atoms with Gasteiger partial charge in [0.1, 0.15) is 5.00 Å². The average molecular weight is 288 g/mol. The van der Waals surface area contributed by atoms with Crippen LogP contribution in [-0.4, -0.2) is 11.8 Å². The summed E-state index contributed by atoms with van der Waals surface area (Å²) in [5.41, 5.74) is 7.32. The second-order valence-electron chi connectivity index (χ2n) is 4.38. The van der Waals surface area contributed by atoms with Crippen LogP contribution in [-0.2, 0) is 6.42 Å². The molecule has 0 unspecified atom stereocenters. The maximum Gasteiger partial charge on any atom is 0.256 e. The van der Waals surface area contributed by atoms with Gasteiger partial charge in [-0.25, -0.2) is 0 Å². The number of amides is 2. The standard InChI is InChI=1S/C15H16N2O2S/c1-3-11-9(2)20-15(12(11)13(16)18)17-14(19)10-7-5-4-6-8-10/h4-8H,3H2,1-2H3,(H2,16,18)(H,17,19). The number of rotatable bonds is 4. The van der Waals surface area contributed by atoms with Crippen LogP contribution in [0.5, 0.6) is 0 Å². The Morgan fingerprint density at radius 3 is 2.45 bits per heavy atom. The van der Waals surface area contributed by atoms with Crippen LogP contribution in [0.15, 0.2) is 30.3 Å². The molecule has 0 atom stereocenters. The number of thiophene rings is 1. The highest BCUT2D eigenvalue weighted by Crippen LogP contribution is 2.33. The Kier molecular flexibility index (Phi) is 4.20. The molecule has 1 aromatic heterocycles. The largest absolute Gasteiger partial charge is 0.365 e. The van der Waals surface area contributed by atoms with Crippen molar-refractivity contribution in [2.24, 2.45) is 5.73 Å². The van der Waals surface area contributed by atoms with E-state index in [9.17, 15) is 9.59 Å². The Morgan fingerprint density at radius 2 is 1.90 bits per heavy atom. The summed E-state index contributed by atoms with van der Waals surface area (Å²) in [6.45, 7) is 3.89. The number of benzene rings is 1. The zero-order valence-corrected chi connectivity index (χ0v) is 12.2. The van der Waals surface area contributed by atoms with Gasteiger partial charge in [-0.2, -0.15) is 0 Å². The van der Waals surface area contributed by atoms with Gasteiger partial charge < -0.3 is 11.1 Å². The van der Waals surface area contributed by atoms with Crippen LogP contribution in [0.3, 0.4) is 0 Å². The van der Waals surface area contributed by atoms with Crippen molar-refractivity contribution in [2.45, 2.75) is 20.3 Å². The molecule has 2 rings (SSSR count). The molecular formula is C15H16N2O2S. The first-order valence-electron chi connectivity index (χ1n) is 6.33. The van der Waals surface area contributed by atoms with Gasteiger partial charge >= 0.3 is 0 Å². The van der Waals surface area contributed by atoms with Gasteiger partial charge in [-0.1, -0.05) is 25.1 Å². The van der Waals surface area contributed by atoms with E-state index in [4.69, 9.17) is 5.73 Å². The van der Waals surface area contributed by atoms with Crippen molar-refractivity contribution in [3.63, 3.8) is 0 Å². The molecule has 104 valence electrons. The van der Waals surface area contributed by atoms with Gasteiger partial charge in [-0.3, -0.25) is 9.59 Å². The Bertz CT molecular complexity index is 647. The summed E-state index contributed by atoms with van der Waals surface area (Å²) in [5.74, 6) is -0.744. The van der Waals surface area contributed by atoms with Crippen molar-refractivity contribution in [2.75, 3.05) is 5.32 Å². The number of aryl methyl sites for hydroxylation is 1. The zero-order valence-electron chi connectivity index (χ0n) is 11.4. The van der Waals surface area contributed by atoms with Crippen LogP contribution in [0.4, 0.5) is 5.00 Å². The molecule has 4 nitrogen and oxygen atoms in total. The lowest BCUT2D eigenvalue weighted by atomic mass is 10.1. The third-order valence-electron chi connectivity index (χ3n) is 3.07. The molecule has 0 saturated heterocycles. The fraction of sp³-hybridized carbons (Fsp3) is 0.200. The number of primary amides is 1. The Balaban J connectivity index is 2.35. The molecule has 0 radical (unpaired) electrons. The van der Waals surface area contributed by atoms with Crippen molar-refractivity contribution in [1.29, 1.82) is 0 Å². The highest BCUT2D eigenvalue weighted by atomic mass is 32.1. The molecule has 0 fully saturated rings. The first kappa shape index (κ1) is 14.3. The fourth-order valence-electron chi connectivity index (χ4n) is 2.12. The van der Waals surface area contributed by atoms with Crippen molar-refractivity contribution < 1.29 is 9.59 Å². The zero-order chi connectivity index (χ0) is 14.7. The number of anilines is 1. The van der Waals surface area contributed by atoms with E-state index >= 15 is 0 Å². The minimum absolute atomic E-state index is 0.239. The second kappa shape index (κ2) is 5.88. The third-order valence-corrected chi connectivity index (χ3v) is 4.13. The Hall–Kier alpha value is -2.14. The molecule has 2 aromatic rings. The predicted octanol–water partition coefficient (Wildman–Crippen LogP) is 2.97. The van der Waals surface area contributed by atoms with Gasteiger partial charge in [-0.05, 0) is 31.0 Å². The summed E-state index contributed by atoms with van der Waals surface area (Å²) in [4.78, 5) is 24.8. The summed E-state index contributed by atoms with van der Waals surface area (Å²) >= 11 is 1.38. The van der Waals surface area contributed by atoms with E-state index in [2.05, 4.69) is 5.32 Å². The summed E-state index contributed by atoms with van der Waals surface area (Å²) < 4.78 is 0. The van der Waals surface area contributed by atoms with Gasteiger partial charge in [0.2, 0.25) is 0 Å². The molecule has 0 aliphatic carbocycles. The van der Waals surface area contributed by atoms with Crippen molar-refractivity contribution >= 4 is 28.2 Å². The monoisotopic (exact) mass is 288 g/mol. The predicted molar refractivity (Wildman–Crippen MR) is 81.3 cm³/mol.